The summed E-state index contributed by atoms with van der Waals surface area (Å²) in [5.41, 5.74) is 8.19. The van der Waals surface area contributed by atoms with E-state index in [1.54, 1.807) is 6.92 Å². The van der Waals surface area contributed by atoms with Gasteiger partial charge in [0.25, 0.3) is 0 Å². The van der Waals surface area contributed by atoms with Crippen LogP contribution in [0.15, 0.2) is 18.2 Å². The van der Waals surface area contributed by atoms with Crippen LogP contribution >= 0.6 is 0 Å². The first kappa shape index (κ1) is 12.2. The average molecular weight is 258 g/mol. The molecule has 1 aliphatic carbocycles. The Hall–Kier alpha value is -1.88. The minimum atomic E-state index is -0.511. The van der Waals surface area contributed by atoms with Crippen molar-refractivity contribution in [3.8, 4) is 0 Å². The van der Waals surface area contributed by atoms with Crippen molar-refractivity contribution in [1.82, 2.24) is 9.97 Å². The Morgan fingerprint density at radius 1 is 1.53 bits per heavy atom. The summed E-state index contributed by atoms with van der Waals surface area (Å²) in [6.07, 6.45) is 3.72. The summed E-state index contributed by atoms with van der Waals surface area (Å²) >= 11 is 0. The van der Waals surface area contributed by atoms with Gasteiger partial charge in [0.2, 0.25) is 5.91 Å². The fourth-order valence-corrected chi connectivity index (χ4v) is 2.24. The van der Waals surface area contributed by atoms with Crippen LogP contribution in [0.5, 0.6) is 0 Å². The number of fused-ring (bicyclic) bond motifs is 1. The number of nitrogens with zero attached hydrogens (tertiary/aromatic N) is 1. The highest BCUT2D eigenvalue weighted by atomic mass is 16.2. The van der Waals surface area contributed by atoms with Crippen LogP contribution < -0.4 is 11.1 Å². The molecule has 1 saturated carbocycles. The Kier molecular flexibility index (Phi) is 2.98. The lowest BCUT2D eigenvalue weighted by Gasteiger charge is -2.22. The molecule has 1 fully saturated rings. The molecule has 1 aromatic heterocycles. The zero-order chi connectivity index (χ0) is 13.4. The Labute approximate surface area is 111 Å². The van der Waals surface area contributed by atoms with Gasteiger partial charge in [0.05, 0.1) is 17.1 Å². The SMILES string of the molecule is C[C@@H](N)C(=O)Nc1ccc2nc(C3CCC3)[nH]c2c1. The number of aromatic nitrogens is 2. The fourth-order valence-electron chi connectivity index (χ4n) is 2.24. The van der Waals surface area contributed by atoms with Crippen LogP contribution in [0.25, 0.3) is 11.0 Å². The van der Waals surface area contributed by atoms with E-state index in [0.717, 1.165) is 22.5 Å². The molecule has 0 bridgehead atoms. The van der Waals surface area contributed by atoms with Crippen molar-refractivity contribution in [1.29, 1.82) is 0 Å². The van der Waals surface area contributed by atoms with E-state index in [0.29, 0.717) is 5.92 Å². The summed E-state index contributed by atoms with van der Waals surface area (Å²) in [6.45, 7) is 1.67. The largest absolute Gasteiger partial charge is 0.342 e. The molecule has 0 spiro atoms. The number of carbonyl (C=O) groups is 1. The third-order valence-electron chi connectivity index (χ3n) is 3.67. The second kappa shape index (κ2) is 4.66. The molecular formula is C14H18N4O. The van der Waals surface area contributed by atoms with Crippen molar-refractivity contribution in [3.63, 3.8) is 0 Å². The molecule has 1 aromatic carbocycles. The first-order chi connectivity index (χ1) is 9.13. The first-order valence-corrected chi connectivity index (χ1v) is 6.69. The molecule has 5 heteroatoms. The lowest BCUT2D eigenvalue weighted by Crippen LogP contribution is -2.32. The van der Waals surface area contributed by atoms with Gasteiger partial charge >= 0.3 is 0 Å². The van der Waals surface area contributed by atoms with Gasteiger partial charge in [0.15, 0.2) is 0 Å². The van der Waals surface area contributed by atoms with Gasteiger partial charge in [-0.25, -0.2) is 4.98 Å². The molecule has 0 unspecified atom stereocenters. The third-order valence-corrected chi connectivity index (χ3v) is 3.67. The lowest BCUT2D eigenvalue weighted by atomic mass is 9.85. The van der Waals surface area contributed by atoms with E-state index in [9.17, 15) is 4.79 Å². The van der Waals surface area contributed by atoms with Crippen LogP contribution in [0.3, 0.4) is 0 Å². The van der Waals surface area contributed by atoms with Crippen LogP contribution in [0.4, 0.5) is 5.69 Å². The fraction of sp³-hybridized carbons (Fsp3) is 0.429. The second-order valence-corrected chi connectivity index (χ2v) is 5.26. The van der Waals surface area contributed by atoms with Crippen molar-refractivity contribution in [2.45, 2.75) is 38.1 Å². The molecule has 100 valence electrons. The number of hydrogen-bond donors (Lipinski definition) is 3. The van der Waals surface area contributed by atoms with Crippen LogP contribution in [0, 0.1) is 0 Å². The Morgan fingerprint density at radius 2 is 2.32 bits per heavy atom. The van der Waals surface area contributed by atoms with Crippen LogP contribution in [-0.2, 0) is 4.79 Å². The first-order valence-electron chi connectivity index (χ1n) is 6.69. The Balaban J connectivity index is 1.85. The monoisotopic (exact) mass is 258 g/mol. The quantitative estimate of drug-likeness (QED) is 0.788. The van der Waals surface area contributed by atoms with Gasteiger partial charge in [0.1, 0.15) is 5.82 Å². The molecule has 1 amide bonds. The van der Waals surface area contributed by atoms with E-state index < -0.39 is 6.04 Å². The number of rotatable bonds is 3. The minimum absolute atomic E-state index is 0.182. The molecule has 2 aromatic rings. The molecule has 1 atom stereocenters. The Morgan fingerprint density at radius 3 is 2.95 bits per heavy atom. The number of hydrogen-bond acceptors (Lipinski definition) is 3. The molecule has 4 N–H and O–H groups in total. The van der Waals surface area contributed by atoms with E-state index in [-0.39, 0.29) is 5.91 Å². The van der Waals surface area contributed by atoms with Gasteiger partial charge in [-0.05, 0) is 38.0 Å². The second-order valence-electron chi connectivity index (χ2n) is 5.26. The number of H-pyrrole nitrogens is 1. The van der Waals surface area contributed by atoms with Crippen molar-refractivity contribution in [3.05, 3.63) is 24.0 Å². The van der Waals surface area contributed by atoms with Crippen molar-refractivity contribution in [2.75, 3.05) is 5.32 Å². The summed E-state index contributed by atoms with van der Waals surface area (Å²) in [5.74, 6) is 1.46. The molecule has 5 nitrogen and oxygen atoms in total. The molecule has 0 aliphatic heterocycles. The summed E-state index contributed by atoms with van der Waals surface area (Å²) in [4.78, 5) is 19.5. The van der Waals surface area contributed by atoms with Crippen molar-refractivity contribution in [2.24, 2.45) is 5.73 Å². The number of anilines is 1. The molecular weight excluding hydrogens is 240 g/mol. The summed E-state index contributed by atoms with van der Waals surface area (Å²) < 4.78 is 0. The highest BCUT2D eigenvalue weighted by molar-refractivity contribution is 5.96. The zero-order valence-electron chi connectivity index (χ0n) is 10.9. The van der Waals surface area contributed by atoms with Gasteiger partial charge < -0.3 is 16.0 Å². The predicted molar refractivity (Wildman–Crippen MR) is 75.0 cm³/mol. The average Bonchev–Trinajstić information content (AvgIpc) is 2.68. The topological polar surface area (TPSA) is 83.8 Å². The molecule has 3 rings (SSSR count). The molecule has 1 aliphatic rings. The summed E-state index contributed by atoms with van der Waals surface area (Å²) in [6, 6.07) is 5.17. The number of imidazole rings is 1. The number of amides is 1. The number of carbonyl (C=O) groups excluding carboxylic acids is 1. The number of nitrogens with two attached hydrogens (primary N) is 1. The number of aromatic amines is 1. The highest BCUT2D eigenvalue weighted by Crippen LogP contribution is 2.35. The van der Waals surface area contributed by atoms with E-state index in [2.05, 4.69) is 15.3 Å². The summed E-state index contributed by atoms with van der Waals surface area (Å²) in [5, 5.41) is 2.79. The van der Waals surface area contributed by atoms with Crippen LogP contribution in [-0.4, -0.2) is 21.9 Å². The normalized spacial score (nSPS) is 17.2. The molecule has 0 saturated heterocycles. The maximum absolute atomic E-state index is 11.6. The van der Waals surface area contributed by atoms with E-state index in [1.165, 1.54) is 19.3 Å². The predicted octanol–water partition coefficient (Wildman–Crippen LogP) is 2.12. The summed E-state index contributed by atoms with van der Waals surface area (Å²) in [7, 11) is 0. The van der Waals surface area contributed by atoms with Crippen LogP contribution in [0.1, 0.15) is 37.9 Å². The van der Waals surface area contributed by atoms with Gasteiger partial charge in [-0.1, -0.05) is 6.42 Å². The zero-order valence-corrected chi connectivity index (χ0v) is 10.9. The molecule has 0 radical (unpaired) electrons. The van der Waals surface area contributed by atoms with E-state index in [4.69, 9.17) is 5.73 Å². The van der Waals surface area contributed by atoms with Gasteiger partial charge in [-0.3, -0.25) is 4.79 Å². The molecule has 19 heavy (non-hydrogen) atoms. The van der Waals surface area contributed by atoms with Gasteiger partial charge in [-0.2, -0.15) is 0 Å². The maximum atomic E-state index is 11.6. The third kappa shape index (κ3) is 2.33. The lowest BCUT2D eigenvalue weighted by molar-refractivity contribution is -0.117. The van der Waals surface area contributed by atoms with Gasteiger partial charge in [-0.15, -0.1) is 0 Å². The number of nitrogens with one attached hydrogen (secondary N) is 2. The molecule has 1 heterocycles. The van der Waals surface area contributed by atoms with Crippen LogP contribution in [0.2, 0.25) is 0 Å². The maximum Gasteiger partial charge on any atom is 0.240 e. The minimum Gasteiger partial charge on any atom is -0.342 e. The van der Waals surface area contributed by atoms with Gasteiger partial charge in [0, 0.05) is 11.6 Å². The highest BCUT2D eigenvalue weighted by Gasteiger charge is 2.22. The van der Waals surface area contributed by atoms with Crippen molar-refractivity contribution >= 4 is 22.6 Å². The van der Waals surface area contributed by atoms with Crippen molar-refractivity contribution < 1.29 is 4.79 Å². The Bertz CT molecular complexity index is 613. The number of benzene rings is 1. The standard InChI is InChI=1S/C14H18N4O/c1-8(15)14(19)16-10-5-6-11-12(7-10)18-13(17-11)9-3-2-4-9/h5-9H,2-4,15H2,1H3,(H,16,19)(H,17,18)/t8-/m1/s1. The van der Waals surface area contributed by atoms with E-state index in [1.807, 2.05) is 18.2 Å². The smallest absolute Gasteiger partial charge is 0.240 e. The van der Waals surface area contributed by atoms with E-state index >= 15 is 0 Å².